The molecule has 3 N–H and O–H groups in total. The first kappa shape index (κ1) is 15.5. The minimum atomic E-state index is -3.56. The van der Waals surface area contributed by atoms with E-state index in [1.54, 1.807) is 0 Å². The topological polar surface area (TPSA) is 88.3 Å². The smallest absolute Gasteiger partial charge is 0.244 e. The third kappa shape index (κ3) is 2.90. The van der Waals surface area contributed by atoms with Gasteiger partial charge in [0.2, 0.25) is 10.0 Å². The van der Waals surface area contributed by atoms with Crippen molar-refractivity contribution in [2.24, 2.45) is 11.8 Å². The molecular weight excluding hydrogens is 300 g/mol. The van der Waals surface area contributed by atoms with E-state index in [0.717, 1.165) is 12.8 Å². The van der Waals surface area contributed by atoms with Gasteiger partial charge in [-0.3, -0.25) is 0 Å². The highest BCUT2D eigenvalue weighted by molar-refractivity contribution is 7.89. The molecular formula is C12H19ClN4O2S. The van der Waals surface area contributed by atoms with E-state index in [0.29, 0.717) is 12.5 Å². The van der Waals surface area contributed by atoms with Crippen molar-refractivity contribution in [3.05, 3.63) is 17.3 Å². The molecule has 112 valence electrons. The standard InChI is InChI=1S/C12H19ClN4O2S/c1-8-3-4-17(9(2)5-8)20(18,19)10-6-11(13)12(16-14)15-7-10/h6-9H,3-5,14H2,1-2H3,(H,15,16). The molecule has 6 nitrogen and oxygen atoms in total. The number of sulfonamides is 1. The Morgan fingerprint density at radius 1 is 1.50 bits per heavy atom. The monoisotopic (exact) mass is 318 g/mol. The summed E-state index contributed by atoms with van der Waals surface area (Å²) in [5, 5.41) is 0.187. The minimum absolute atomic E-state index is 0.0187. The molecule has 1 fully saturated rings. The van der Waals surface area contributed by atoms with E-state index in [1.807, 2.05) is 6.92 Å². The normalized spacial score (nSPS) is 24.6. The van der Waals surface area contributed by atoms with Crippen LogP contribution in [0.3, 0.4) is 0 Å². The van der Waals surface area contributed by atoms with Gasteiger partial charge in [-0.05, 0) is 31.7 Å². The lowest BCUT2D eigenvalue weighted by Gasteiger charge is -2.35. The van der Waals surface area contributed by atoms with Crippen molar-refractivity contribution in [2.75, 3.05) is 12.0 Å². The van der Waals surface area contributed by atoms with Crippen LogP contribution in [0.4, 0.5) is 5.82 Å². The van der Waals surface area contributed by atoms with Crippen LogP contribution in [0.25, 0.3) is 0 Å². The van der Waals surface area contributed by atoms with Crippen LogP contribution in [0.15, 0.2) is 17.2 Å². The molecule has 1 saturated heterocycles. The Morgan fingerprint density at radius 3 is 2.75 bits per heavy atom. The number of nitrogens with two attached hydrogens (primary N) is 1. The second kappa shape index (κ2) is 5.85. The van der Waals surface area contributed by atoms with E-state index in [2.05, 4.69) is 17.3 Å². The lowest BCUT2D eigenvalue weighted by molar-refractivity contribution is 0.220. The number of piperidine rings is 1. The Balaban J connectivity index is 2.33. The number of hydrogen-bond donors (Lipinski definition) is 2. The van der Waals surface area contributed by atoms with E-state index in [-0.39, 0.29) is 21.8 Å². The first-order valence-electron chi connectivity index (χ1n) is 6.50. The second-order valence-electron chi connectivity index (χ2n) is 5.24. The van der Waals surface area contributed by atoms with Crippen LogP contribution in [0.2, 0.25) is 5.02 Å². The van der Waals surface area contributed by atoms with Gasteiger partial charge in [0.05, 0.1) is 5.02 Å². The molecule has 20 heavy (non-hydrogen) atoms. The van der Waals surface area contributed by atoms with Gasteiger partial charge >= 0.3 is 0 Å². The Bertz CT molecular complexity index is 593. The van der Waals surface area contributed by atoms with Crippen LogP contribution in [-0.4, -0.2) is 30.3 Å². The van der Waals surface area contributed by atoms with Gasteiger partial charge in [0.1, 0.15) is 4.90 Å². The maximum atomic E-state index is 12.6. The van der Waals surface area contributed by atoms with Gasteiger partial charge in [0.25, 0.3) is 0 Å². The summed E-state index contributed by atoms with van der Waals surface area (Å²) in [7, 11) is -3.56. The van der Waals surface area contributed by atoms with Crippen molar-refractivity contribution < 1.29 is 8.42 Å². The molecule has 2 unspecified atom stereocenters. The van der Waals surface area contributed by atoms with Gasteiger partial charge < -0.3 is 5.43 Å². The summed E-state index contributed by atoms with van der Waals surface area (Å²) >= 11 is 5.95. The molecule has 2 heterocycles. The van der Waals surface area contributed by atoms with Crippen molar-refractivity contribution in [1.29, 1.82) is 0 Å². The number of anilines is 1. The number of nitrogens with zero attached hydrogens (tertiary/aromatic N) is 2. The fourth-order valence-corrected chi connectivity index (χ4v) is 4.46. The summed E-state index contributed by atoms with van der Waals surface area (Å²) in [5.41, 5.74) is 2.32. The Hall–Kier alpha value is -0.890. The van der Waals surface area contributed by atoms with Crippen molar-refractivity contribution in [3.63, 3.8) is 0 Å². The zero-order valence-electron chi connectivity index (χ0n) is 11.5. The average molecular weight is 319 g/mol. The third-order valence-electron chi connectivity index (χ3n) is 3.64. The van der Waals surface area contributed by atoms with Gasteiger partial charge in [-0.2, -0.15) is 4.31 Å². The number of nitrogens with one attached hydrogen (secondary N) is 1. The van der Waals surface area contributed by atoms with Crippen LogP contribution in [0.1, 0.15) is 26.7 Å². The molecule has 0 saturated carbocycles. The van der Waals surface area contributed by atoms with Crippen LogP contribution in [0.5, 0.6) is 0 Å². The molecule has 0 amide bonds. The van der Waals surface area contributed by atoms with Gasteiger partial charge in [0.15, 0.2) is 5.82 Å². The number of pyridine rings is 1. The fourth-order valence-electron chi connectivity index (χ4n) is 2.55. The molecule has 0 aromatic carbocycles. The van der Waals surface area contributed by atoms with E-state index in [9.17, 15) is 8.42 Å². The summed E-state index contributed by atoms with van der Waals surface area (Å²) in [6.07, 6.45) is 3.01. The Labute approximate surface area is 124 Å². The van der Waals surface area contributed by atoms with Gasteiger partial charge in [-0.1, -0.05) is 18.5 Å². The molecule has 1 aromatic rings. The lowest BCUT2D eigenvalue weighted by atomic mass is 9.95. The number of halogens is 1. The molecule has 2 atom stereocenters. The molecule has 0 bridgehead atoms. The molecule has 8 heteroatoms. The average Bonchev–Trinajstić information content (AvgIpc) is 2.38. The quantitative estimate of drug-likeness (QED) is 0.655. The van der Waals surface area contributed by atoms with Crippen molar-refractivity contribution >= 4 is 27.4 Å². The molecule has 0 spiro atoms. The van der Waals surface area contributed by atoms with Crippen molar-refractivity contribution in [1.82, 2.24) is 9.29 Å². The SMILES string of the molecule is CC1CCN(S(=O)(=O)c2cnc(NN)c(Cl)c2)C(C)C1. The third-order valence-corrected chi connectivity index (χ3v) is 5.90. The zero-order chi connectivity index (χ0) is 14.9. The summed E-state index contributed by atoms with van der Waals surface area (Å²) in [6.45, 7) is 4.60. The first-order valence-corrected chi connectivity index (χ1v) is 8.32. The van der Waals surface area contributed by atoms with E-state index >= 15 is 0 Å². The highest BCUT2D eigenvalue weighted by atomic mass is 35.5. The number of aromatic nitrogens is 1. The lowest BCUT2D eigenvalue weighted by Crippen LogP contribution is -2.44. The van der Waals surface area contributed by atoms with Gasteiger partial charge in [0, 0.05) is 18.8 Å². The molecule has 1 aromatic heterocycles. The van der Waals surface area contributed by atoms with E-state index in [1.165, 1.54) is 16.6 Å². The molecule has 1 aliphatic rings. The molecule has 0 radical (unpaired) electrons. The van der Waals surface area contributed by atoms with Crippen LogP contribution in [0, 0.1) is 5.92 Å². The summed E-state index contributed by atoms with van der Waals surface area (Å²) < 4.78 is 26.8. The highest BCUT2D eigenvalue weighted by Gasteiger charge is 2.33. The summed E-state index contributed by atoms with van der Waals surface area (Å²) in [6, 6.07) is 1.36. The van der Waals surface area contributed by atoms with Crippen LogP contribution in [-0.2, 0) is 10.0 Å². The predicted octanol–water partition coefficient (Wildman–Crippen LogP) is 1.83. The Kier molecular flexibility index (Phi) is 4.53. The molecule has 1 aliphatic heterocycles. The van der Waals surface area contributed by atoms with Crippen molar-refractivity contribution in [3.8, 4) is 0 Å². The fraction of sp³-hybridized carbons (Fsp3) is 0.583. The van der Waals surface area contributed by atoms with Crippen LogP contribution >= 0.6 is 11.6 Å². The molecule has 0 aliphatic carbocycles. The zero-order valence-corrected chi connectivity index (χ0v) is 13.1. The maximum absolute atomic E-state index is 12.6. The number of nitrogen functional groups attached to an aromatic ring is 1. The molecule has 2 rings (SSSR count). The van der Waals surface area contributed by atoms with Crippen LogP contribution < -0.4 is 11.3 Å². The highest BCUT2D eigenvalue weighted by Crippen LogP contribution is 2.29. The second-order valence-corrected chi connectivity index (χ2v) is 7.54. The Morgan fingerprint density at radius 2 is 2.20 bits per heavy atom. The van der Waals surface area contributed by atoms with Crippen molar-refractivity contribution in [2.45, 2.75) is 37.6 Å². The summed E-state index contributed by atoms with van der Waals surface area (Å²) in [4.78, 5) is 4.02. The number of hydrazine groups is 1. The minimum Gasteiger partial charge on any atom is -0.307 e. The number of hydrogen-bond acceptors (Lipinski definition) is 5. The maximum Gasteiger partial charge on any atom is 0.244 e. The van der Waals surface area contributed by atoms with E-state index in [4.69, 9.17) is 17.4 Å². The number of rotatable bonds is 3. The first-order chi connectivity index (χ1) is 9.36. The summed E-state index contributed by atoms with van der Waals surface area (Å²) in [5.74, 6) is 6.03. The van der Waals surface area contributed by atoms with Gasteiger partial charge in [-0.15, -0.1) is 0 Å². The predicted molar refractivity (Wildman–Crippen MR) is 78.8 cm³/mol. The van der Waals surface area contributed by atoms with Gasteiger partial charge in [-0.25, -0.2) is 19.2 Å². The van der Waals surface area contributed by atoms with E-state index < -0.39 is 10.0 Å². The largest absolute Gasteiger partial charge is 0.307 e.